The van der Waals surface area contributed by atoms with Gasteiger partial charge >= 0.3 is 0 Å². The first-order valence-electron chi connectivity index (χ1n) is 12.4. The maximum absolute atomic E-state index is 7.07. The normalized spacial score (nSPS) is 18.4. The zero-order valence-corrected chi connectivity index (χ0v) is 20.8. The molecule has 1 unspecified atom stereocenters. The van der Waals surface area contributed by atoms with Gasteiger partial charge in [0.1, 0.15) is 17.2 Å². The fourth-order valence-corrected chi connectivity index (χ4v) is 5.42. The Morgan fingerprint density at radius 3 is 2.23 bits per heavy atom. The van der Waals surface area contributed by atoms with E-state index in [0.29, 0.717) is 0 Å². The van der Waals surface area contributed by atoms with E-state index in [4.69, 9.17) is 14.2 Å². The Balaban J connectivity index is 1.81. The predicted molar refractivity (Wildman–Crippen MR) is 142 cm³/mol. The van der Waals surface area contributed by atoms with E-state index in [-0.39, 0.29) is 0 Å². The summed E-state index contributed by atoms with van der Waals surface area (Å²) >= 11 is 0. The third kappa shape index (κ3) is 4.35. The maximum atomic E-state index is 7.07. The van der Waals surface area contributed by atoms with Crippen molar-refractivity contribution in [1.82, 2.24) is 4.90 Å². The lowest BCUT2D eigenvalue weighted by atomic mass is 9.82. The van der Waals surface area contributed by atoms with Gasteiger partial charge < -0.3 is 14.2 Å². The van der Waals surface area contributed by atoms with E-state index in [1.807, 2.05) is 30.3 Å². The van der Waals surface area contributed by atoms with Gasteiger partial charge in [-0.15, -0.1) is 0 Å². The Bertz CT molecular complexity index is 1290. The molecule has 1 heterocycles. The van der Waals surface area contributed by atoms with Crippen LogP contribution in [0.1, 0.15) is 31.7 Å². The SMILES string of the molecule is CCN1CCCCC1(Oc1ccccc1)c1c(-c2ccc(OC)cc2)ccc2cc(OC)ccc12. The van der Waals surface area contributed by atoms with E-state index in [9.17, 15) is 0 Å². The molecule has 1 saturated heterocycles. The summed E-state index contributed by atoms with van der Waals surface area (Å²) in [5, 5.41) is 2.34. The van der Waals surface area contributed by atoms with Crippen LogP contribution in [0.2, 0.25) is 0 Å². The molecular formula is C31H33NO3. The molecule has 0 radical (unpaired) electrons. The van der Waals surface area contributed by atoms with E-state index < -0.39 is 5.72 Å². The second-order valence-electron chi connectivity index (χ2n) is 9.04. The average molecular weight is 468 g/mol. The summed E-state index contributed by atoms with van der Waals surface area (Å²) in [5.41, 5.74) is 2.96. The molecule has 35 heavy (non-hydrogen) atoms. The predicted octanol–water partition coefficient (Wildman–Crippen LogP) is 7.26. The Kier molecular flexibility index (Phi) is 6.65. The number of methoxy groups -OCH3 is 2. The molecule has 180 valence electrons. The Morgan fingerprint density at radius 2 is 1.51 bits per heavy atom. The summed E-state index contributed by atoms with van der Waals surface area (Å²) in [5.74, 6) is 2.60. The highest BCUT2D eigenvalue weighted by molar-refractivity contribution is 5.93. The fraction of sp³-hybridized carbons (Fsp3) is 0.290. The molecule has 4 aromatic carbocycles. The number of hydrogen-bond donors (Lipinski definition) is 0. The van der Waals surface area contributed by atoms with Crippen LogP contribution < -0.4 is 14.2 Å². The van der Waals surface area contributed by atoms with Crippen LogP contribution >= 0.6 is 0 Å². The Hall–Kier alpha value is -3.50. The molecule has 4 nitrogen and oxygen atoms in total. The van der Waals surface area contributed by atoms with Gasteiger partial charge in [0, 0.05) is 18.5 Å². The molecular weight excluding hydrogens is 434 g/mol. The van der Waals surface area contributed by atoms with Crippen molar-refractivity contribution in [3.8, 4) is 28.4 Å². The number of nitrogens with zero attached hydrogens (tertiary/aromatic N) is 1. The first-order chi connectivity index (χ1) is 17.2. The van der Waals surface area contributed by atoms with E-state index in [0.717, 1.165) is 54.1 Å². The van der Waals surface area contributed by atoms with Gasteiger partial charge in [0.2, 0.25) is 0 Å². The fourth-order valence-electron chi connectivity index (χ4n) is 5.42. The topological polar surface area (TPSA) is 30.9 Å². The molecule has 0 bridgehead atoms. The van der Waals surface area contributed by atoms with Crippen molar-refractivity contribution in [2.45, 2.75) is 31.9 Å². The number of ether oxygens (including phenoxy) is 3. The number of piperidine rings is 1. The molecule has 1 atom stereocenters. The molecule has 0 amide bonds. The van der Waals surface area contributed by atoms with E-state index in [1.54, 1.807) is 14.2 Å². The maximum Gasteiger partial charge on any atom is 0.190 e. The van der Waals surface area contributed by atoms with Crippen LogP contribution in [0.5, 0.6) is 17.2 Å². The molecule has 4 heteroatoms. The lowest BCUT2D eigenvalue weighted by Gasteiger charge is -2.48. The van der Waals surface area contributed by atoms with Gasteiger partial charge in [0.25, 0.3) is 0 Å². The third-order valence-corrected chi connectivity index (χ3v) is 7.13. The molecule has 1 fully saturated rings. The largest absolute Gasteiger partial charge is 0.497 e. The number of likely N-dealkylation sites (tertiary alicyclic amines) is 1. The zero-order chi connectivity index (χ0) is 24.3. The molecule has 1 aliphatic rings. The smallest absolute Gasteiger partial charge is 0.190 e. The van der Waals surface area contributed by atoms with E-state index in [2.05, 4.69) is 66.4 Å². The van der Waals surface area contributed by atoms with Gasteiger partial charge in [-0.1, -0.05) is 55.5 Å². The van der Waals surface area contributed by atoms with Gasteiger partial charge in [-0.3, -0.25) is 4.90 Å². The van der Waals surface area contributed by atoms with Crippen molar-refractivity contribution in [3.05, 3.63) is 90.5 Å². The summed E-state index contributed by atoms with van der Waals surface area (Å²) in [4.78, 5) is 2.51. The van der Waals surface area contributed by atoms with Gasteiger partial charge in [-0.05, 0) is 77.7 Å². The summed E-state index contributed by atoms with van der Waals surface area (Å²) in [6.07, 6.45) is 3.20. The van der Waals surface area contributed by atoms with Gasteiger partial charge in [0.15, 0.2) is 5.72 Å². The van der Waals surface area contributed by atoms with Crippen LogP contribution in [0, 0.1) is 0 Å². The lowest BCUT2D eigenvalue weighted by molar-refractivity contribution is -0.114. The van der Waals surface area contributed by atoms with Crippen molar-refractivity contribution >= 4 is 10.8 Å². The third-order valence-electron chi connectivity index (χ3n) is 7.13. The Labute approximate surface area is 208 Å². The van der Waals surface area contributed by atoms with E-state index >= 15 is 0 Å². The minimum Gasteiger partial charge on any atom is -0.497 e. The van der Waals surface area contributed by atoms with Gasteiger partial charge in [-0.2, -0.15) is 0 Å². The molecule has 0 N–H and O–H groups in total. The van der Waals surface area contributed by atoms with Crippen LogP contribution in [0.15, 0.2) is 84.9 Å². The first kappa shape index (κ1) is 23.3. The number of rotatable bonds is 7. The molecule has 5 rings (SSSR count). The minimum absolute atomic E-state index is 0.586. The van der Waals surface area contributed by atoms with Crippen molar-refractivity contribution in [2.75, 3.05) is 27.3 Å². The number of fused-ring (bicyclic) bond motifs is 1. The van der Waals surface area contributed by atoms with Crippen molar-refractivity contribution in [2.24, 2.45) is 0 Å². The van der Waals surface area contributed by atoms with Crippen LogP contribution in [-0.2, 0) is 5.72 Å². The lowest BCUT2D eigenvalue weighted by Crippen LogP contribution is -2.53. The van der Waals surface area contributed by atoms with Gasteiger partial charge in [-0.25, -0.2) is 0 Å². The monoisotopic (exact) mass is 467 g/mol. The standard InChI is InChI=1S/C31H33NO3/c1-4-32-21-9-8-20-31(32,35-26-10-6-5-7-11-26)30-28(23-12-15-25(33-2)16-13-23)18-14-24-22-27(34-3)17-19-29(24)30/h5-7,10-19,22H,4,8-9,20-21H2,1-3H3. The summed E-state index contributed by atoms with van der Waals surface area (Å²) in [6, 6.07) is 29.4. The number of para-hydroxylation sites is 1. The molecule has 0 spiro atoms. The molecule has 1 aliphatic heterocycles. The molecule has 0 aromatic heterocycles. The van der Waals surface area contributed by atoms with Crippen molar-refractivity contribution in [1.29, 1.82) is 0 Å². The van der Waals surface area contributed by atoms with Gasteiger partial charge in [0.05, 0.1) is 14.2 Å². The number of benzene rings is 4. The van der Waals surface area contributed by atoms with Crippen molar-refractivity contribution in [3.63, 3.8) is 0 Å². The average Bonchev–Trinajstić information content (AvgIpc) is 2.93. The highest BCUT2D eigenvalue weighted by Gasteiger charge is 2.45. The molecule has 4 aromatic rings. The van der Waals surface area contributed by atoms with Crippen LogP contribution in [0.3, 0.4) is 0 Å². The summed E-state index contributed by atoms with van der Waals surface area (Å²) < 4.78 is 18.1. The molecule has 0 saturated carbocycles. The summed E-state index contributed by atoms with van der Waals surface area (Å²) in [7, 11) is 3.42. The second-order valence-corrected chi connectivity index (χ2v) is 9.04. The quantitative estimate of drug-likeness (QED) is 0.286. The van der Waals surface area contributed by atoms with Crippen LogP contribution in [0.4, 0.5) is 0 Å². The van der Waals surface area contributed by atoms with E-state index in [1.165, 1.54) is 22.9 Å². The minimum atomic E-state index is -0.586. The highest BCUT2D eigenvalue weighted by Crippen LogP contribution is 2.47. The Morgan fingerprint density at radius 1 is 0.771 bits per heavy atom. The summed E-state index contributed by atoms with van der Waals surface area (Å²) in [6.45, 7) is 4.13. The molecule has 0 aliphatic carbocycles. The second kappa shape index (κ2) is 10.0. The van der Waals surface area contributed by atoms with Crippen LogP contribution in [-0.4, -0.2) is 32.2 Å². The number of hydrogen-bond acceptors (Lipinski definition) is 4. The highest BCUT2D eigenvalue weighted by atomic mass is 16.5. The van der Waals surface area contributed by atoms with Crippen LogP contribution in [0.25, 0.3) is 21.9 Å². The zero-order valence-electron chi connectivity index (χ0n) is 20.8. The van der Waals surface area contributed by atoms with Crippen molar-refractivity contribution < 1.29 is 14.2 Å². The first-order valence-corrected chi connectivity index (χ1v) is 12.4.